The number of fused-ring (bicyclic) bond motifs is 1. The van der Waals surface area contributed by atoms with Gasteiger partial charge < -0.3 is 14.8 Å². The van der Waals surface area contributed by atoms with Crippen molar-refractivity contribution in [3.63, 3.8) is 0 Å². The first kappa shape index (κ1) is 19.7. The number of hydrogen-bond donors (Lipinski definition) is 2. The maximum atomic E-state index is 12.4. The van der Waals surface area contributed by atoms with Crippen LogP contribution >= 0.6 is 0 Å². The fraction of sp³-hybridized carbons (Fsp3) is 0.333. The Morgan fingerprint density at radius 2 is 1.93 bits per heavy atom. The van der Waals surface area contributed by atoms with Gasteiger partial charge >= 0.3 is 0 Å². The molecule has 0 radical (unpaired) electrons. The minimum atomic E-state index is -0.353. The largest absolute Gasteiger partial charge is 0.494 e. The second-order valence-corrected chi connectivity index (χ2v) is 6.99. The predicted molar refractivity (Wildman–Crippen MR) is 110 cm³/mol. The average Bonchev–Trinajstić information content (AvgIpc) is 3.34. The van der Waals surface area contributed by atoms with Crippen LogP contribution in [0.25, 0.3) is 5.95 Å². The van der Waals surface area contributed by atoms with Crippen LogP contribution in [-0.2, 0) is 17.6 Å². The van der Waals surface area contributed by atoms with Crippen LogP contribution < -0.4 is 20.3 Å². The summed E-state index contributed by atoms with van der Waals surface area (Å²) in [5, 5.41) is 7.13. The van der Waals surface area contributed by atoms with Crippen LogP contribution in [0.5, 0.6) is 11.5 Å². The molecule has 2 N–H and O–H groups in total. The minimum Gasteiger partial charge on any atom is -0.494 e. The van der Waals surface area contributed by atoms with Gasteiger partial charge in [0.15, 0.2) is 6.61 Å². The van der Waals surface area contributed by atoms with E-state index >= 15 is 0 Å². The Kier molecular flexibility index (Phi) is 5.51. The molecule has 2 heterocycles. The zero-order valence-electron chi connectivity index (χ0n) is 16.9. The van der Waals surface area contributed by atoms with E-state index in [4.69, 9.17) is 9.47 Å². The highest BCUT2D eigenvalue weighted by Gasteiger charge is 2.20. The lowest BCUT2D eigenvalue weighted by Crippen LogP contribution is -2.24. The zero-order valence-corrected chi connectivity index (χ0v) is 16.9. The molecule has 3 aromatic rings. The molecule has 1 aliphatic carbocycles. The lowest BCUT2D eigenvalue weighted by molar-refractivity contribution is -0.118. The summed E-state index contributed by atoms with van der Waals surface area (Å²) < 4.78 is 12.4. The number of aryl methyl sites for hydroxylation is 2. The molecule has 2 aromatic heterocycles. The summed E-state index contributed by atoms with van der Waals surface area (Å²) in [5.41, 5.74) is 2.05. The topological polar surface area (TPSA) is 111 Å². The van der Waals surface area contributed by atoms with Crippen LogP contribution in [0.15, 0.2) is 35.1 Å². The smallest absolute Gasteiger partial charge is 0.263 e. The van der Waals surface area contributed by atoms with Gasteiger partial charge in [0.1, 0.15) is 17.3 Å². The molecule has 4 rings (SSSR count). The first-order valence-corrected chi connectivity index (χ1v) is 9.88. The van der Waals surface area contributed by atoms with Crippen molar-refractivity contribution in [1.82, 2.24) is 19.7 Å². The molecule has 9 nitrogen and oxygen atoms in total. The molecule has 0 spiro atoms. The van der Waals surface area contributed by atoms with Gasteiger partial charge in [-0.05, 0) is 57.4 Å². The van der Waals surface area contributed by atoms with Crippen LogP contribution in [-0.4, -0.2) is 38.9 Å². The number of H-pyrrole nitrogens is 1. The van der Waals surface area contributed by atoms with Gasteiger partial charge in [0.25, 0.3) is 11.5 Å². The number of aromatic nitrogens is 4. The van der Waals surface area contributed by atoms with Gasteiger partial charge in [-0.2, -0.15) is 9.78 Å². The monoisotopic (exact) mass is 409 g/mol. The summed E-state index contributed by atoms with van der Waals surface area (Å²) in [6.07, 6.45) is 2.42. The third kappa shape index (κ3) is 4.19. The van der Waals surface area contributed by atoms with Crippen LogP contribution in [0.4, 0.5) is 5.82 Å². The van der Waals surface area contributed by atoms with Gasteiger partial charge in [-0.1, -0.05) is 0 Å². The molecule has 0 fully saturated rings. The molecule has 9 heteroatoms. The van der Waals surface area contributed by atoms with E-state index in [9.17, 15) is 9.59 Å². The first-order valence-electron chi connectivity index (χ1n) is 9.88. The van der Waals surface area contributed by atoms with E-state index in [1.807, 2.05) is 6.92 Å². The van der Waals surface area contributed by atoms with Crippen molar-refractivity contribution in [2.45, 2.75) is 33.1 Å². The van der Waals surface area contributed by atoms with Crippen molar-refractivity contribution in [3.8, 4) is 17.4 Å². The first-order chi connectivity index (χ1) is 14.5. The number of ether oxygens (including phenoxy) is 2. The molecule has 0 bridgehead atoms. The van der Waals surface area contributed by atoms with E-state index in [-0.39, 0.29) is 24.0 Å². The van der Waals surface area contributed by atoms with Crippen LogP contribution in [0.3, 0.4) is 0 Å². The van der Waals surface area contributed by atoms with Crippen LogP contribution in [0.1, 0.15) is 30.3 Å². The number of anilines is 1. The molecule has 1 aliphatic rings. The van der Waals surface area contributed by atoms with Crippen LogP contribution in [0, 0.1) is 6.92 Å². The molecule has 0 saturated heterocycles. The van der Waals surface area contributed by atoms with Gasteiger partial charge in [-0.25, -0.2) is 4.98 Å². The number of benzene rings is 1. The molecule has 1 aromatic carbocycles. The Morgan fingerprint density at radius 1 is 1.20 bits per heavy atom. The summed E-state index contributed by atoms with van der Waals surface area (Å²) in [6, 6.07) is 8.76. The molecule has 0 aliphatic heterocycles. The van der Waals surface area contributed by atoms with Crippen molar-refractivity contribution in [1.29, 1.82) is 0 Å². The molecule has 0 saturated carbocycles. The number of amides is 1. The van der Waals surface area contributed by atoms with Gasteiger partial charge in [-0.3, -0.25) is 14.6 Å². The Hall–Kier alpha value is -3.62. The number of nitrogens with one attached hydrogen (secondary N) is 2. The normalized spacial score (nSPS) is 12.5. The molecule has 156 valence electrons. The highest BCUT2D eigenvalue weighted by atomic mass is 16.5. The van der Waals surface area contributed by atoms with Gasteiger partial charge in [0.2, 0.25) is 5.95 Å². The second-order valence-electron chi connectivity index (χ2n) is 6.99. The van der Waals surface area contributed by atoms with E-state index in [1.165, 1.54) is 4.68 Å². The highest BCUT2D eigenvalue weighted by Crippen LogP contribution is 2.20. The highest BCUT2D eigenvalue weighted by molar-refractivity contribution is 5.91. The van der Waals surface area contributed by atoms with Gasteiger partial charge in [0.05, 0.1) is 18.0 Å². The lowest BCUT2D eigenvalue weighted by atomic mass is 10.3. The van der Waals surface area contributed by atoms with E-state index in [0.717, 1.165) is 36.3 Å². The Morgan fingerprint density at radius 3 is 2.67 bits per heavy atom. The third-order valence-corrected chi connectivity index (χ3v) is 4.73. The summed E-state index contributed by atoms with van der Waals surface area (Å²) in [7, 11) is 0. The summed E-state index contributed by atoms with van der Waals surface area (Å²) in [6.45, 7) is 4.12. The van der Waals surface area contributed by atoms with Crippen molar-refractivity contribution >= 4 is 11.7 Å². The molecule has 1 amide bonds. The maximum absolute atomic E-state index is 12.4. The number of rotatable bonds is 7. The predicted octanol–water partition coefficient (Wildman–Crippen LogP) is 2.17. The average molecular weight is 409 g/mol. The summed E-state index contributed by atoms with van der Waals surface area (Å²) in [5.74, 6) is 1.64. The SMILES string of the molecule is CCOc1ccc(OCC(=O)Nc2cc(C)nn2-c2nc3c(c(=O)[nH]2)CCC3)cc1. The van der Waals surface area contributed by atoms with Crippen LogP contribution in [0.2, 0.25) is 0 Å². The summed E-state index contributed by atoms with van der Waals surface area (Å²) in [4.78, 5) is 32.0. The van der Waals surface area contributed by atoms with E-state index in [2.05, 4.69) is 20.4 Å². The van der Waals surface area contributed by atoms with E-state index < -0.39 is 0 Å². The zero-order chi connectivity index (χ0) is 21.1. The fourth-order valence-corrected chi connectivity index (χ4v) is 3.41. The molecular weight excluding hydrogens is 386 g/mol. The number of nitrogens with zero attached hydrogens (tertiary/aromatic N) is 3. The quantitative estimate of drug-likeness (QED) is 0.619. The minimum absolute atomic E-state index is 0.156. The Balaban J connectivity index is 1.46. The van der Waals surface area contributed by atoms with Gasteiger partial charge in [0, 0.05) is 11.6 Å². The molecule has 0 unspecified atom stereocenters. The number of aromatic amines is 1. The maximum Gasteiger partial charge on any atom is 0.263 e. The van der Waals surface area contributed by atoms with Crippen molar-refractivity contribution in [3.05, 3.63) is 57.6 Å². The lowest BCUT2D eigenvalue weighted by Gasteiger charge is -2.10. The molecule has 30 heavy (non-hydrogen) atoms. The second kappa shape index (κ2) is 8.40. The Labute approximate surface area is 173 Å². The van der Waals surface area contributed by atoms with Crippen molar-refractivity contribution in [2.75, 3.05) is 18.5 Å². The summed E-state index contributed by atoms with van der Waals surface area (Å²) >= 11 is 0. The fourth-order valence-electron chi connectivity index (χ4n) is 3.41. The molecular formula is C21H23N5O4. The number of carbonyl (C=O) groups is 1. The molecule has 0 atom stereocenters. The van der Waals surface area contributed by atoms with E-state index in [0.29, 0.717) is 23.9 Å². The Bertz CT molecular complexity index is 1120. The number of carbonyl (C=O) groups excluding carboxylic acids is 1. The standard InChI is InChI=1S/C21H23N5O4/c1-3-29-14-7-9-15(10-8-14)30-12-19(27)23-18-11-13(2)25-26(18)21-22-17-6-4-5-16(17)20(28)24-21/h7-11H,3-6,12H2,1-2H3,(H,23,27)(H,22,24,28). The van der Waals surface area contributed by atoms with Gasteiger partial charge in [-0.15, -0.1) is 0 Å². The van der Waals surface area contributed by atoms with Crippen molar-refractivity contribution < 1.29 is 14.3 Å². The van der Waals surface area contributed by atoms with E-state index in [1.54, 1.807) is 37.3 Å². The number of hydrogen-bond acceptors (Lipinski definition) is 6. The third-order valence-electron chi connectivity index (χ3n) is 4.73. The van der Waals surface area contributed by atoms with Crippen molar-refractivity contribution in [2.24, 2.45) is 0 Å².